The van der Waals surface area contributed by atoms with Crippen molar-refractivity contribution in [2.24, 2.45) is 5.92 Å². The molecule has 0 heterocycles. The van der Waals surface area contributed by atoms with Gasteiger partial charge in [0.15, 0.2) is 0 Å². The van der Waals surface area contributed by atoms with Crippen molar-refractivity contribution in [3.8, 4) is 0 Å². The van der Waals surface area contributed by atoms with Crippen LogP contribution in [0.3, 0.4) is 0 Å². The molecule has 0 aliphatic heterocycles. The third kappa shape index (κ3) is 2.65. The molecule has 0 aliphatic rings. The van der Waals surface area contributed by atoms with Crippen LogP contribution in [0.15, 0.2) is 42.5 Å². The summed E-state index contributed by atoms with van der Waals surface area (Å²) in [5.74, 6) is 0.673. The summed E-state index contributed by atoms with van der Waals surface area (Å²) in [7, 11) is 0. The highest BCUT2D eigenvalue weighted by atomic mass is 79.9. The van der Waals surface area contributed by atoms with E-state index in [0.717, 1.165) is 6.42 Å². The van der Waals surface area contributed by atoms with E-state index in [0.29, 0.717) is 10.7 Å². The molecule has 0 saturated carbocycles. The second kappa shape index (κ2) is 5.01. The average molecular weight is 277 g/mol. The van der Waals surface area contributed by atoms with Crippen LogP contribution in [0.2, 0.25) is 0 Å². The lowest BCUT2D eigenvalue weighted by atomic mass is 10.00. The molecule has 2 rings (SSSR count). The number of halogens is 1. The number of alkyl halides is 1. The SMILES string of the molecule is CC(C)C(Br)Cc1ccc2ccccc2c1. The van der Waals surface area contributed by atoms with Gasteiger partial charge < -0.3 is 0 Å². The van der Waals surface area contributed by atoms with Gasteiger partial charge in [-0.1, -0.05) is 72.2 Å². The Labute approximate surface area is 106 Å². The molecule has 1 heteroatoms. The van der Waals surface area contributed by atoms with Crippen LogP contribution in [-0.2, 0) is 6.42 Å². The smallest absolute Gasteiger partial charge is 0.0209 e. The van der Waals surface area contributed by atoms with Crippen LogP contribution in [0.1, 0.15) is 19.4 Å². The normalized spacial score (nSPS) is 13.2. The fraction of sp³-hybridized carbons (Fsp3) is 0.333. The molecule has 0 radical (unpaired) electrons. The van der Waals surface area contributed by atoms with Crippen LogP contribution in [-0.4, -0.2) is 4.83 Å². The van der Waals surface area contributed by atoms with Crippen LogP contribution in [0, 0.1) is 5.92 Å². The van der Waals surface area contributed by atoms with E-state index in [-0.39, 0.29) is 0 Å². The molecule has 2 aromatic rings. The van der Waals surface area contributed by atoms with Crippen molar-refractivity contribution >= 4 is 26.7 Å². The molecule has 0 bridgehead atoms. The molecule has 2 aromatic carbocycles. The Bertz CT molecular complexity index is 474. The Morgan fingerprint density at radius 1 is 1.00 bits per heavy atom. The van der Waals surface area contributed by atoms with E-state index in [1.807, 2.05) is 0 Å². The molecule has 0 aromatic heterocycles. The molecule has 0 spiro atoms. The van der Waals surface area contributed by atoms with E-state index in [1.54, 1.807) is 0 Å². The third-order valence-electron chi connectivity index (χ3n) is 2.97. The highest BCUT2D eigenvalue weighted by Gasteiger charge is 2.09. The minimum absolute atomic E-state index is 0.564. The Morgan fingerprint density at radius 3 is 2.38 bits per heavy atom. The fourth-order valence-electron chi connectivity index (χ4n) is 1.83. The first-order valence-corrected chi connectivity index (χ1v) is 6.70. The van der Waals surface area contributed by atoms with E-state index in [1.165, 1.54) is 16.3 Å². The van der Waals surface area contributed by atoms with Gasteiger partial charge in [-0.05, 0) is 28.7 Å². The predicted octanol–water partition coefficient (Wildman–Crippen LogP) is 4.80. The summed E-state index contributed by atoms with van der Waals surface area (Å²) in [5.41, 5.74) is 1.41. The Hall–Kier alpha value is -0.820. The predicted molar refractivity (Wildman–Crippen MR) is 75.2 cm³/mol. The molecule has 0 nitrogen and oxygen atoms in total. The van der Waals surface area contributed by atoms with Gasteiger partial charge in [0.25, 0.3) is 0 Å². The molecule has 0 N–H and O–H groups in total. The fourth-order valence-corrected chi connectivity index (χ4v) is 2.20. The number of benzene rings is 2. The van der Waals surface area contributed by atoms with Crippen LogP contribution < -0.4 is 0 Å². The highest BCUT2D eigenvalue weighted by Crippen LogP contribution is 2.21. The molecule has 1 unspecified atom stereocenters. The van der Waals surface area contributed by atoms with Gasteiger partial charge in [-0.3, -0.25) is 0 Å². The lowest BCUT2D eigenvalue weighted by molar-refractivity contribution is 0.613. The molecule has 0 aliphatic carbocycles. The first-order chi connectivity index (χ1) is 7.66. The van der Waals surface area contributed by atoms with Crippen LogP contribution in [0.25, 0.3) is 10.8 Å². The highest BCUT2D eigenvalue weighted by molar-refractivity contribution is 9.09. The maximum absolute atomic E-state index is 3.74. The van der Waals surface area contributed by atoms with E-state index in [9.17, 15) is 0 Å². The zero-order chi connectivity index (χ0) is 11.5. The molecular weight excluding hydrogens is 260 g/mol. The zero-order valence-electron chi connectivity index (χ0n) is 9.78. The first kappa shape index (κ1) is 11.7. The number of rotatable bonds is 3. The van der Waals surface area contributed by atoms with Gasteiger partial charge in [0.1, 0.15) is 0 Å². The minimum Gasteiger partial charge on any atom is -0.0884 e. The Morgan fingerprint density at radius 2 is 1.69 bits per heavy atom. The lowest BCUT2D eigenvalue weighted by Crippen LogP contribution is -2.10. The van der Waals surface area contributed by atoms with E-state index >= 15 is 0 Å². The molecule has 84 valence electrons. The molecule has 0 amide bonds. The molecule has 16 heavy (non-hydrogen) atoms. The number of hydrogen-bond donors (Lipinski definition) is 0. The third-order valence-corrected chi connectivity index (χ3v) is 4.35. The molecular formula is C15H17Br. The van der Waals surface area contributed by atoms with E-state index in [2.05, 4.69) is 72.2 Å². The van der Waals surface area contributed by atoms with Gasteiger partial charge in [0, 0.05) is 4.83 Å². The summed E-state index contributed by atoms with van der Waals surface area (Å²) in [6.07, 6.45) is 1.10. The quantitative estimate of drug-likeness (QED) is 0.707. The van der Waals surface area contributed by atoms with Crippen molar-refractivity contribution in [1.29, 1.82) is 0 Å². The Kier molecular flexibility index (Phi) is 3.65. The maximum Gasteiger partial charge on any atom is 0.0209 e. The van der Waals surface area contributed by atoms with E-state index < -0.39 is 0 Å². The summed E-state index contributed by atoms with van der Waals surface area (Å²) in [6.45, 7) is 4.50. The molecule has 0 saturated heterocycles. The Balaban J connectivity index is 2.26. The van der Waals surface area contributed by atoms with Gasteiger partial charge in [0.05, 0.1) is 0 Å². The summed E-state index contributed by atoms with van der Waals surface area (Å²) in [4.78, 5) is 0.564. The van der Waals surface area contributed by atoms with Gasteiger partial charge in [-0.2, -0.15) is 0 Å². The topological polar surface area (TPSA) is 0 Å². The first-order valence-electron chi connectivity index (χ1n) is 5.78. The van der Waals surface area contributed by atoms with Crippen molar-refractivity contribution in [3.63, 3.8) is 0 Å². The van der Waals surface area contributed by atoms with Crippen molar-refractivity contribution in [2.45, 2.75) is 25.1 Å². The maximum atomic E-state index is 3.74. The summed E-state index contributed by atoms with van der Waals surface area (Å²) in [6, 6.07) is 15.3. The summed E-state index contributed by atoms with van der Waals surface area (Å²) < 4.78 is 0. The van der Waals surface area contributed by atoms with Crippen LogP contribution >= 0.6 is 15.9 Å². The standard InChI is InChI=1S/C15H17Br/c1-11(2)15(16)10-12-7-8-13-5-3-4-6-14(13)9-12/h3-9,11,15H,10H2,1-2H3. The zero-order valence-corrected chi connectivity index (χ0v) is 11.4. The minimum atomic E-state index is 0.564. The van der Waals surface area contributed by atoms with Gasteiger partial charge in [-0.25, -0.2) is 0 Å². The van der Waals surface area contributed by atoms with Gasteiger partial charge in [0.2, 0.25) is 0 Å². The summed E-state index contributed by atoms with van der Waals surface area (Å²) in [5, 5.41) is 2.66. The largest absolute Gasteiger partial charge is 0.0884 e. The second-order valence-electron chi connectivity index (χ2n) is 4.65. The van der Waals surface area contributed by atoms with Gasteiger partial charge in [-0.15, -0.1) is 0 Å². The van der Waals surface area contributed by atoms with Crippen molar-refractivity contribution in [2.75, 3.05) is 0 Å². The molecule has 1 atom stereocenters. The number of hydrogen-bond acceptors (Lipinski definition) is 0. The van der Waals surface area contributed by atoms with Gasteiger partial charge >= 0.3 is 0 Å². The van der Waals surface area contributed by atoms with Crippen molar-refractivity contribution in [3.05, 3.63) is 48.0 Å². The van der Waals surface area contributed by atoms with Crippen LogP contribution in [0.5, 0.6) is 0 Å². The average Bonchev–Trinajstić information content (AvgIpc) is 2.28. The lowest BCUT2D eigenvalue weighted by Gasteiger charge is -2.13. The second-order valence-corrected chi connectivity index (χ2v) is 5.82. The van der Waals surface area contributed by atoms with Crippen molar-refractivity contribution in [1.82, 2.24) is 0 Å². The van der Waals surface area contributed by atoms with E-state index in [4.69, 9.17) is 0 Å². The monoisotopic (exact) mass is 276 g/mol. The summed E-state index contributed by atoms with van der Waals surface area (Å²) >= 11 is 3.74. The number of fused-ring (bicyclic) bond motifs is 1. The van der Waals surface area contributed by atoms with Crippen molar-refractivity contribution < 1.29 is 0 Å². The van der Waals surface area contributed by atoms with Crippen LogP contribution in [0.4, 0.5) is 0 Å². The molecule has 0 fully saturated rings.